The molecule has 0 aromatic rings. The van der Waals surface area contributed by atoms with Crippen molar-refractivity contribution in [2.24, 2.45) is 0 Å². The molecular weight excluding hydrogens is 471 g/mol. The van der Waals surface area contributed by atoms with Crippen molar-refractivity contribution in [1.82, 2.24) is 0 Å². The van der Waals surface area contributed by atoms with E-state index in [1.165, 1.54) is 109 Å². The van der Waals surface area contributed by atoms with Crippen molar-refractivity contribution in [1.29, 1.82) is 0 Å². The van der Waals surface area contributed by atoms with Crippen molar-refractivity contribution >= 4 is 17.4 Å². The van der Waals surface area contributed by atoms with Crippen LogP contribution in [0.1, 0.15) is 163 Å². The first kappa shape index (κ1) is 37.5. The molecule has 0 unspecified atom stereocenters. The van der Waals surface area contributed by atoms with Crippen LogP contribution in [0.3, 0.4) is 0 Å². The number of hydrogen-bond acceptors (Lipinski definition) is 3. The molecule has 0 atom stereocenters. The van der Waals surface area contributed by atoms with E-state index in [0.29, 0.717) is 6.42 Å². The minimum Gasteiger partial charge on any atom is -0.748 e. The summed E-state index contributed by atoms with van der Waals surface area (Å²) in [5.74, 6) is -0.191. The highest BCUT2D eigenvalue weighted by molar-refractivity contribution is 7.85. The number of hydrogen-bond donors (Lipinski definition) is 0. The Morgan fingerprint density at radius 1 is 0.429 bits per heavy atom. The Hall–Kier alpha value is 0.340. The van der Waals surface area contributed by atoms with E-state index in [0.717, 1.165) is 12.8 Å². The zero-order valence-corrected chi connectivity index (χ0v) is 26.5. The minimum atomic E-state index is -3.98. The monoisotopic (exact) mass is 536 g/mol. The zero-order valence-electron chi connectivity index (χ0n) is 24.8. The van der Waals surface area contributed by atoms with Gasteiger partial charge in [0.25, 0.3) is 0 Å². The Labute approximate surface area is 223 Å². The average molecular weight is 537 g/mol. The molecule has 5 heteroatoms. The predicted octanol–water partition coefficient (Wildman–Crippen LogP) is 10.4. The van der Waals surface area contributed by atoms with Gasteiger partial charge < -0.3 is 4.55 Å². The summed E-state index contributed by atoms with van der Waals surface area (Å²) in [7, 11) is -4.57. The molecule has 0 spiro atoms. The third-order valence-electron chi connectivity index (χ3n) is 7.19. The van der Waals surface area contributed by atoms with Gasteiger partial charge in [-0.15, -0.1) is 0 Å². The number of unbranched alkanes of at least 4 members (excludes halogenated alkanes) is 15. The summed E-state index contributed by atoms with van der Waals surface area (Å²) in [5.41, 5.74) is 0. The second-order valence-corrected chi connectivity index (χ2v) is 16.8. The molecular formula is C30H65O3PS. The quantitative estimate of drug-likeness (QED) is 0.0662. The molecule has 0 saturated carbocycles. The van der Waals surface area contributed by atoms with Crippen molar-refractivity contribution in [3.05, 3.63) is 0 Å². The van der Waals surface area contributed by atoms with E-state index in [2.05, 4.69) is 34.6 Å². The minimum absolute atomic E-state index is 0.191. The molecule has 3 nitrogen and oxygen atoms in total. The van der Waals surface area contributed by atoms with E-state index in [1.54, 1.807) is 24.6 Å². The van der Waals surface area contributed by atoms with Gasteiger partial charge in [0.15, 0.2) is 0 Å². The van der Waals surface area contributed by atoms with Crippen LogP contribution in [-0.2, 0) is 10.1 Å². The SMILES string of the molecule is CCCCCCCCCCCCS(=O)(=O)[O-].CCCCCC[P+](CCCC)(CCCC)CCCC. The molecule has 35 heavy (non-hydrogen) atoms. The molecule has 0 rings (SSSR count). The van der Waals surface area contributed by atoms with Crippen molar-refractivity contribution in [3.63, 3.8) is 0 Å². The molecule has 0 aliphatic rings. The van der Waals surface area contributed by atoms with Crippen LogP contribution >= 0.6 is 7.26 Å². The first-order valence-corrected chi connectivity index (χ1v) is 19.7. The molecule has 0 saturated heterocycles. The van der Waals surface area contributed by atoms with Gasteiger partial charge in [-0.1, -0.05) is 125 Å². The van der Waals surface area contributed by atoms with E-state index >= 15 is 0 Å². The van der Waals surface area contributed by atoms with Crippen LogP contribution in [0.2, 0.25) is 0 Å². The first-order valence-electron chi connectivity index (χ1n) is 15.6. The summed E-state index contributed by atoms with van der Waals surface area (Å²) in [4.78, 5) is 0. The van der Waals surface area contributed by atoms with Crippen LogP contribution in [0, 0.1) is 0 Å². The lowest BCUT2D eigenvalue weighted by Gasteiger charge is -2.28. The summed E-state index contributed by atoms with van der Waals surface area (Å²) in [6.07, 6.45) is 32.4. The normalized spacial score (nSPS) is 11.9. The zero-order chi connectivity index (χ0) is 26.7. The Bertz CT molecular complexity index is 486. The second kappa shape index (κ2) is 27.4. The maximum atomic E-state index is 10.3. The van der Waals surface area contributed by atoms with Crippen molar-refractivity contribution < 1.29 is 13.0 Å². The summed E-state index contributed by atoms with van der Waals surface area (Å²) in [5, 5.41) is 0. The molecule has 0 aromatic carbocycles. The topological polar surface area (TPSA) is 57.2 Å². The molecule has 0 aliphatic carbocycles. The van der Waals surface area contributed by atoms with Crippen LogP contribution in [0.5, 0.6) is 0 Å². The maximum absolute atomic E-state index is 10.3. The third-order valence-corrected chi connectivity index (χ3v) is 13.0. The highest BCUT2D eigenvalue weighted by atomic mass is 32.2. The van der Waals surface area contributed by atoms with Gasteiger partial charge in [-0.05, 0) is 38.5 Å². The second-order valence-electron chi connectivity index (χ2n) is 10.8. The van der Waals surface area contributed by atoms with Crippen molar-refractivity contribution in [2.75, 3.05) is 30.4 Å². The average Bonchev–Trinajstić information content (AvgIpc) is 2.83. The van der Waals surface area contributed by atoms with Crippen molar-refractivity contribution in [2.45, 2.75) is 163 Å². The molecule has 0 bridgehead atoms. The molecule has 214 valence electrons. The predicted molar refractivity (Wildman–Crippen MR) is 162 cm³/mol. The summed E-state index contributed by atoms with van der Waals surface area (Å²) < 4.78 is 30.9. The Kier molecular flexibility index (Phi) is 29.3. The highest BCUT2D eigenvalue weighted by Gasteiger charge is 2.34. The van der Waals surface area contributed by atoms with Gasteiger partial charge in [-0.3, -0.25) is 0 Å². The van der Waals surface area contributed by atoms with Crippen LogP contribution < -0.4 is 0 Å². The lowest BCUT2D eigenvalue weighted by atomic mass is 10.1. The highest BCUT2D eigenvalue weighted by Crippen LogP contribution is 2.61. The van der Waals surface area contributed by atoms with Gasteiger partial charge in [-0.2, -0.15) is 0 Å². The fourth-order valence-electron chi connectivity index (χ4n) is 4.79. The Balaban J connectivity index is 0. The molecule has 0 fully saturated rings. The Morgan fingerprint density at radius 2 is 0.714 bits per heavy atom. The van der Waals surface area contributed by atoms with Crippen LogP contribution in [0.4, 0.5) is 0 Å². The molecule has 0 radical (unpaired) electrons. The number of rotatable bonds is 25. The fraction of sp³-hybridized carbons (Fsp3) is 1.00. The largest absolute Gasteiger partial charge is 0.748 e. The van der Waals surface area contributed by atoms with Gasteiger partial charge in [0.1, 0.15) is 0 Å². The van der Waals surface area contributed by atoms with E-state index in [4.69, 9.17) is 0 Å². The van der Waals surface area contributed by atoms with Crippen LogP contribution in [0.15, 0.2) is 0 Å². The lowest BCUT2D eigenvalue weighted by molar-refractivity contribution is 0.459. The smallest absolute Gasteiger partial charge is 0.0945 e. The van der Waals surface area contributed by atoms with Gasteiger partial charge >= 0.3 is 0 Å². The van der Waals surface area contributed by atoms with Gasteiger partial charge in [0.2, 0.25) is 0 Å². The fourth-order valence-corrected chi connectivity index (χ4v) is 10.5. The lowest BCUT2D eigenvalue weighted by Crippen LogP contribution is -2.12. The van der Waals surface area contributed by atoms with Gasteiger partial charge in [0, 0.05) is 13.0 Å². The summed E-state index contributed by atoms with van der Waals surface area (Å²) in [6, 6.07) is 0. The van der Waals surface area contributed by atoms with Gasteiger partial charge in [0.05, 0.1) is 34.8 Å². The summed E-state index contributed by atoms with van der Waals surface area (Å²) >= 11 is 0. The van der Waals surface area contributed by atoms with Crippen molar-refractivity contribution in [3.8, 4) is 0 Å². The van der Waals surface area contributed by atoms with Gasteiger partial charge in [-0.25, -0.2) is 8.42 Å². The molecule has 0 aromatic heterocycles. The van der Waals surface area contributed by atoms with E-state index in [9.17, 15) is 13.0 Å². The molecule has 0 N–H and O–H groups in total. The van der Waals surface area contributed by atoms with Crippen LogP contribution in [-0.4, -0.2) is 43.4 Å². The van der Waals surface area contributed by atoms with Crippen LogP contribution in [0.25, 0.3) is 0 Å². The Morgan fingerprint density at radius 3 is 1.06 bits per heavy atom. The molecule has 0 aliphatic heterocycles. The first-order chi connectivity index (χ1) is 16.8. The molecule has 0 amide bonds. The third kappa shape index (κ3) is 28.8. The maximum Gasteiger partial charge on any atom is 0.0945 e. The van der Waals surface area contributed by atoms with E-state index in [1.807, 2.05) is 0 Å². The summed E-state index contributed by atoms with van der Waals surface area (Å²) in [6.45, 7) is 11.6. The van der Waals surface area contributed by atoms with E-state index < -0.39 is 17.4 Å². The molecule has 0 heterocycles. The van der Waals surface area contributed by atoms with E-state index in [-0.39, 0.29) is 5.75 Å². The standard InChI is InChI=1S/C18H40P.C12H26O3S/c1-5-9-13-14-18-19(15-10-6-2,16-11-7-3)17-12-8-4;1-2-3-4-5-6-7-8-9-10-11-12-16(13,14)15/h5-18H2,1-4H3;2-12H2,1H3,(H,13,14,15)/q+1;/p-1.